The van der Waals surface area contributed by atoms with Gasteiger partial charge in [-0.05, 0) is 24.7 Å². The topological polar surface area (TPSA) is 26.0 Å². The Morgan fingerprint density at radius 3 is 2.67 bits per heavy atom. The molecule has 0 saturated carbocycles. The third-order valence-corrected chi connectivity index (χ3v) is 1.92. The van der Waals surface area contributed by atoms with Crippen LogP contribution in [-0.4, -0.2) is 5.16 Å². The van der Waals surface area contributed by atoms with Gasteiger partial charge in [-0.1, -0.05) is 25.9 Å². The second kappa shape index (κ2) is 4.29. The van der Waals surface area contributed by atoms with Crippen LogP contribution >= 0.6 is 0 Å². The Kier molecular flexibility index (Phi) is 3.32. The zero-order valence-corrected chi connectivity index (χ0v) is 8.08. The SMILES string of the molecule is CC(C)C[C@H](C)Cc1ccon1. The van der Waals surface area contributed by atoms with E-state index in [2.05, 4.69) is 25.9 Å². The number of nitrogens with zero attached hydrogens (tertiary/aromatic N) is 1. The van der Waals surface area contributed by atoms with Crippen molar-refractivity contribution in [3.8, 4) is 0 Å². The predicted molar refractivity (Wildman–Crippen MR) is 48.8 cm³/mol. The average molecular weight is 167 g/mol. The van der Waals surface area contributed by atoms with Crippen molar-refractivity contribution in [1.82, 2.24) is 5.16 Å². The van der Waals surface area contributed by atoms with Crippen molar-refractivity contribution in [3.63, 3.8) is 0 Å². The summed E-state index contributed by atoms with van der Waals surface area (Å²) >= 11 is 0. The molecular weight excluding hydrogens is 150 g/mol. The lowest BCUT2D eigenvalue weighted by molar-refractivity contribution is 0.391. The fourth-order valence-corrected chi connectivity index (χ4v) is 1.59. The first-order valence-corrected chi connectivity index (χ1v) is 4.57. The van der Waals surface area contributed by atoms with Crippen LogP contribution in [0.4, 0.5) is 0 Å². The zero-order chi connectivity index (χ0) is 8.97. The molecule has 0 aliphatic carbocycles. The van der Waals surface area contributed by atoms with Crippen LogP contribution in [0, 0.1) is 11.8 Å². The fraction of sp³-hybridized carbons (Fsp3) is 0.700. The van der Waals surface area contributed by atoms with Crippen LogP contribution in [0.3, 0.4) is 0 Å². The van der Waals surface area contributed by atoms with E-state index in [0.29, 0.717) is 5.92 Å². The number of hydrogen-bond acceptors (Lipinski definition) is 2. The summed E-state index contributed by atoms with van der Waals surface area (Å²) in [5.41, 5.74) is 1.07. The summed E-state index contributed by atoms with van der Waals surface area (Å²) in [5.74, 6) is 1.47. The molecule has 1 heterocycles. The maximum atomic E-state index is 4.77. The predicted octanol–water partition coefficient (Wildman–Crippen LogP) is 2.90. The van der Waals surface area contributed by atoms with Crippen molar-refractivity contribution >= 4 is 0 Å². The van der Waals surface area contributed by atoms with E-state index in [4.69, 9.17) is 4.52 Å². The van der Waals surface area contributed by atoms with Crippen molar-refractivity contribution in [2.45, 2.75) is 33.6 Å². The summed E-state index contributed by atoms with van der Waals surface area (Å²) in [6, 6.07) is 1.94. The van der Waals surface area contributed by atoms with Gasteiger partial charge < -0.3 is 4.52 Å². The molecule has 12 heavy (non-hydrogen) atoms. The van der Waals surface area contributed by atoms with Crippen LogP contribution < -0.4 is 0 Å². The van der Waals surface area contributed by atoms with Gasteiger partial charge in [-0.25, -0.2) is 0 Å². The highest BCUT2D eigenvalue weighted by Crippen LogP contribution is 2.15. The zero-order valence-electron chi connectivity index (χ0n) is 8.08. The van der Waals surface area contributed by atoms with Crippen LogP contribution in [0.1, 0.15) is 32.9 Å². The van der Waals surface area contributed by atoms with Gasteiger partial charge in [0, 0.05) is 6.07 Å². The van der Waals surface area contributed by atoms with Crippen LogP contribution in [0.15, 0.2) is 16.9 Å². The highest BCUT2D eigenvalue weighted by Gasteiger charge is 2.07. The quantitative estimate of drug-likeness (QED) is 0.689. The number of aromatic nitrogens is 1. The first-order chi connectivity index (χ1) is 5.68. The molecule has 68 valence electrons. The molecule has 0 spiro atoms. The van der Waals surface area contributed by atoms with Gasteiger partial charge in [0.2, 0.25) is 0 Å². The summed E-state index contributed by atoms with van der Waals surface area (Å²) in [5, 5.41) is 3.89. The van der Waals surface area contributed by atoms with Crippen LogP contribution in [0.5, 0.6) is 0 Å². The Labute approximate surface area is 74.0 Å². The van der Waals surface area contributed by atoms with Gasteiger partial charge in [0.1, 0.15) is 6.26 Å². The van der Waals surface area contributed by atoms with Crippen LogP contribution in [-0.2, 0) is 6.42 Å². The van der Waals surface area contributed by atoms with Crippen LogP contribution in [0.25, 0.3) is 0 Å². The maximum Gasteiger partial charge on any atom is 0.124 e. The lowest BCUT2D eigenvalue weighted by atomic mass is 9.95. The molecule has 1 aromatic heterocycles. The molecule has 0 aromatic carbocycles. The van der Waals surface area contributed by atoms with E-state index in [9.17, 15) is 0 Å². The van der Waals surface area contributed by atoms with E-state index in [-0.39, 0.29) is 0 Å². The number of rotatable bonds is 4. The highest BCUT2D eigenvalue weighted by molar-refractivity contribution is 4.96. The largest absolute Gasteiger partial charge is 0.365 e. The lowest BCUT2D eigenvalue weighted by Crippen LogP contribution is -2.03. The van der Waals surface area contributed by atoms with Gasteiger partial charge in [0.05, 0.1) is 5.69 Å². The molecule has 1 rings (SSSR count). The van der Waals surface area contributed by atoms with Gasteiger partial charge in [-0.15, -0.1) is 0 Å². The summed E-state index contributed by atoms with van der Waals surface area (Å²) < 4.78 is 4.77. The van der Waals surface area contributed by atoms with Crippen molar-refractivity contribution in [1.29, 1.82) is 0 Å². The van der Waals surface area contributed by atoms with Gasteiger partial charge in [-0.2, -0.15) is 0 Å². The molecule has 0 amide bonds. The summed E-state index contributed by atoms with van der Waals surface area (Å²) in [6.45, 7) is 6.76. The van der Waals surface area contributed by atoms with Crippen molar-refractivity contribution in [2.24, 2.45) is 11.8 Å². The van der Waals surface area contributed by atoms with E-state index in [1.165, 1.54) is 6.42 Å². The Morgan fingerprint density at radius 1 is 1.42 bits per heavy atom. The first kappa shape index (κ1) is 9.30. The average Bonchev–Trinajstić information content (AvgIpc) is 2.37. The lowest BCUT2D eigenvalue weighted by Gasteiger charge is -2.11. The molecule has 0 bridgehead atoms. The molecule has 0 N–H and O–H groups in total. The highest BCUT2D eigenvalue weighted by atomic mass is 16.5. The van der Waals surface area contributed by atoms with E-state index in [1.54, 1.807) is 6.26 Å². The summed E-state index contributed by atoms with van der Waals surface area (Å²) in [4.78, 5) is 0. The Bertz CT molecular complexity index is 204. The van der Waals surface area contributed by atoms with Gasteiger partial charge in [0.15, 0.2) is 0 Å². The van der Waals surface area contributed by atoms with E-state index < -0.39 is 0 Å². The Morgan fingerprint density at radius 2 is 2.17 bits per heavy atom. The molecular formula is C10H17NO. The van der Waals surface area contributed by atoms with Crippen molar-refractivity contribution < 1.29 is 4.52 Å². The van der Waals surface area contributed by atoms with Crippen LogP contribution in [0.2, 0.25) is 0 Å². The van der Waals surface area contributed by atoms with E-state index in [1.807, 2.05) is 6.07 Å². The molecule has 0 aliphatic rings. The molecule has 0 saturated heterocycles. The first-order valence-electron chi connectivity index (χ1n) is 4.57. The minimum absolute atomic E-state index is 0.704. The summed E-state index contributed by atoms with van der Waals surface area (Å²) in [7, 11) is 0. The third-order valence-electron chi connectivity index (χ3n) is 1.92. The molecule has 0 unspecified atom stereocenters. The number of hydrogen-bond donors (Lipinski definition) is 0. The minimum atomic E-state index is 0.704. The molecule has 1 aromatic rings. The molecule has 0 aliphatic heterocycles. The van der Waals surface area contributed by atoms with Crippen molar-refractivity contribution in [3.05, 3.63) is 18.0 Å². The molecule has 2 nitrogen and oxygen atoms in total. The van der Waals surface area contributed by atoms with E-state index >= 15 is 0 Å². The minimum Gasteiger partial charge on any atom is -0.365 e. The second-order valence-corrected chi connectivity index (χ2v) is 3.93. The Balaban J connectivity index is 2.32. The van der Waals surface area contributed by atoms with E-state index in [0.717, 1.165) is 18.0 Å². The monoisotopic (exact) mass is 167 g/mol. The fourth-order valence-electron chi connectivity index (χ4n) is 1.59. The standard InChI is InChI=1S/C10H17NO/c1-8(2)6-9(3)7-10-4-5-12-11-10/h4-5,8-9H,6-7H2,1-3H3/t9-/m0/s1. The third kappa shape index (κ3) is 3.07. The molecule has 0 radical (unpaired) electrons. The molecule has 0 fully saturated rings. The Hall–Kier alpha value is -0.790. The molecule has 1 atom stereocenters. The van der Waals surface area contributed by atoms with Crippen molar-refractivity contribution in [2.75, 3.05) is 0 Å². The normalized spacial score (nSPS) is 13.7. The molecule has 2 heteroatoms. The second-order valence-electron chi connectivity index (χ2n) is 3.93. The maximum absolute atomic E-state index is 4.77. The summed E-state index contributed by atoms with van der Waals surface area (Å²) in [6.07, 6.45) is 3.93. The van der Waals surface area contributed by atoms with Gasteiger partial charge in [0.25, 0.3) is 0 Å². The van der Waals surface area contributed by atoms with Gasteiger partial charge >= 0.3 is 0 Å². The smallest absolute Gasteiger partial charge is 0.124 e. The van der Waals surface area contributed by atoms with Gasteiger partial charge in [-0.3, -0.25) is 0 Å².